The molecule has 0 saturated carbocycles. The highest BCUT2D eigenvalue weighted by atomic mass is 19.2. The lowest BCUT2D eigenvalue weighted by molar-refractivity contribution is -0.152. The molecule has 0 spiro atoms. The maximum atomic E-state index is 13.3. The number of benzene rings is 1. The van der Waals surface area contributed by atoms with Gasteiger partial charge >= 0.3 is 5.97 Å². The van der Waals surface area contributed by atoms with E-state index >= 15 is 0 Å². The van der Waals surface area contributed by atoms with Crippen molar-refractivity contribution < 1.29 is 28.2 Å². The van der Waals surface area contributed by atoms with E-state index in [1.54, 1.807) is 13.8 Å². The van der Waals surface area contributed by atoms with E-state index in [1.807, 2.05) is 0 Å². The van der Waals surface area contributed by atoms with Crippen LogP contribution in [0.2, 0.25) is 0 Å². The van der Waals surface area contributed by atoms with Crippen LogP contribution < -0.4 is 5.32 Å². The summed E-state index contributed by atoms with van der Waals surface area (Å²) in [5.74, 6) is -3.54. The van der Waals surface area contributed by atoms with Crippen molar-refractivity contribution in [2.75, 3.05) is 0 Å². The van der Waals surface area contributed by atoms with Gasteiger partial charge in [-0.2, -0.15) is 0 Å². The molecule has 1 aromatic rings. The van der Waals surface area contributed by atoms with Crippen molar-refractivity contribution in [3.63, 3.8) is 0 Å². The average molecular weight is 313 g/mol. The standard InChI is InChI=1S/C15H17F2NO4/c1-15(2,8-3-4-9(16)10(17)7-8)18-13(19)11-5-6-12(22-11)14(20)21/h3-4,7,11-12H,5-6H2,1-2H3,(H,18,19)(H,20,21)/t11-,12+/m0/s1. The Morgan fingerprint density at radius 2 is 1.86 bits per heavy atom. The van der Waals surface area contributed by atoms with Crippen LogP contribution >= 0.6 is 0 Å². The molecule has 1 aromatic carbocycles. The van der Waals surface area contributed by atoms with E-state index in [0.717, 1.165) is 12.1 Å². The molecule has 1 heterocycles. The normalized spacial score (nSPS) is 21.6. The number of amides is 1. The molecule has 5 nitrogen and oxygen atoms in total. The number of hydrogen-bond donors (Lipinski definition) is 2. The molecule has 1 aliphatic rings. The van der Waals surface area contributed by atoms with E-state index in [2.05, 4.69) is 5.32 Å². The van der Waals surface area contributed by atoms with Crippen LogP contribution in [0, 0.1) is 11.6 Å². The van der Waals surface area contributed by atoms with E-state index in [9.17, 15) is 18.4 Å². The Balaban J connectivity index is 2.06. The van der Waals surface area contributed by atoms with Crippen molar-refractivity contribution in [3.8, 4) is 0 Å². The van der Waals surface area contributed by atoms with Crippen LogP contribution in [-0.4, -0.2) is 29.2 Å². The fraction of sp³-hybridized carbons (Fsp3) is 0.467. The van der Waals surface area contributed by atoms with Gasteiger partial charge in [0.1, 0.15) is 6.10 Å². The zero-order valence-electron chi connectivity index (χ0n) is 12.2. The van der Waals surface area contributed by atoms with Crippen LogP contribution in [0.5, 0.6) is 0 Å². The molecule has 1 fully saturated rings. The number of halogens is 2. The lowest BCUT2D eigenvalue weighted by atomic mass is 9.93. The predicted molar refractivity (Wildman–Crippen MR) is 73.1 cm³/mol. The topological polar surface area (TPSA) is 75.6 Å². The summed E-state index contributed by atoms with van der Waals surface area (Å²) in [7, 11) is 0. The third-order valence-corrected chi connectivity index (χ3v) is 3.66. The Bertz CT molecular complexity index is 603. The summed E-state index contributed by atoms with van der Waals surface area (Å²) in [5, 5.41) is 11.5. The number of ether oxygens (including phenoxy) is 1. The van der Waals surface area contributed by atoms with Gasteiger partial charge in [0.2, 0.25) is 5.91 Å². The monoisotopic (exact) mass is 313 g/mol. The molecule has 0 aliphatic carbocycles. The van der Waals surface area contributed by atoms with Crippen molar-refractivity contribution in [2.24, 2.45) is 0 Å². The van der Waals surface area contributed by atoms with Crippen molar-refractivity contribution in [1.29, 1.82) is 0 Å². The third-order valence-electron chi connectivity index (χ3n) is 3.66. The maximum Gasteiger partial charge on any atom is 0.332 e. The maximum absolute atomic E-state index is 13.3. The molecule has 1 saturated heterocycles. The number of carbonyl (C=O) groups is 2. The van der Waals surface area contributed by atoms with Gasteiger partial charge in [-0.1, -0.05) is 6.07 Å². The number of rotatable bonds is 4. The first-order valence-corrected chi connectivity index (χ1v) is 6.86. The summed E-state index contributed by atoms with van der Waals surface area (Å²) in [4.78, 5) is 23.0. The summed E-state index contributed by atoms with van der Waals surface area (Å²) >= 11 is 0. The summed E-state index contributed by atoms with van der Waals surface area (Å²) in [5.41, 5.74) is -0.552. The molecule has 2 N–H and O–H groups in total. The number of carboxylic acids is 1. The molecule has 120 valence electrons. The highest BCUT2D eigenvalue weighted by Crippen LogP contribution is 2.25. The highest BCUT2D eigenvalue weighted by molar-refractivity contribution is 5.83. The smallest absolute Gasteiger partial charge is 0.332 e. The van der Waals surface area contributed by atoms with Gasteiger partial charge in [0.15, 0.2) is 17.7 Å². The van der Waals surface area contributed by atoms with Crippen molar-refractivity contribution in [1.82, 2.24) is 5.32 Å². The molecule has 0 bridgehead atoms. The van der Waals surface area contributed by atoms with Crippen LogP contribution in [-0.2, 0) is 19.9 Å². The molecular formula is C15H17F2NO4. The van der Waals surface area contributed by atoms with Crippen LogP contribution in [0.15, 0.2) is 18.2 Å². The van der Waals surface area contributed by atoms with Crippen LogP contribution in [0.25, 0.3) is 0 Å². The largest absolute Gasteiger partial charge is 0.479 e. The van der Waals surface area contributed by atoms with Crippen LogP contribution in [0.4, 0.5) is 8.78 Å². The Labute approximate surface area is 126 Å². The van der Waals surface area contributed by atoms with E-state index in [-0.39, 0.29) is 6.42 Å². The van der Waals surface area contributed by atoms with E-state index in [0.29, 0.717) is 12.0 Å². The van der Waals surface area contributed by atoms with Crippen molar-refractivity contribution in [3.05, 3.63) is 35.4 Å². The Morgan fingerprint density at radius 3 is 2.41 bits per heavy atom. The Morgan fingerprint density at radius 1 is 1.23 bits per heavy atom. The molecule has 0 aromatic heterocycles. The van der Waals surface area contributed by atoms with E-state index in [1.165, 1.54) is 6.07 Å². The quantitative estimate of drug-likeness (QED) is 0.891. The van der Waals surface area contributed by atoms with Crippen molar-refractivity contribution >= 4 is 11.9 Å². The fourth-order valence-electron chi connectivity index (χ4n) is 2.36. The summed E-state index contributed by atoms with van der Waals surface area (Å²) in [6, 6.07) is 3.39. The van der Waals surface area contributed by atoms with Gasteiger partial charge in [-0.25, -0.2) is 13.6 Å². The first-order valence-electron chi connectivity index (χ1n) is 6.86. The van der Waals surface area contributed by atoms with E-state index < -0.39 is 41.3 Å². The third kappa shape index (κ3) is 3.41. The van der Waals surface area contributed by atoms with E-state index in [4.69, 9.17) is 9.84 Å². The summed E-state index contributed by atoms with van der Waals surface area (Å²) in [6.45, 7) is 3.28. The number of nitrogens with one attached hydrogen (secondary N) is 1. The summed E-state index contributed by atoms with van der Waals surface area (Å²) in [6.07, 6.45) is -1.27. The van der Waals surface area contributed by atoms with Gasteiger partial charge in [-0.05, 0) is 44.4 Å². The highest BCUT2D eigenvalue weighted by Gasteiger charge is 2.36. The molecular weight excluding hydrogens is 296 g/mol. The first kappa shape index (κ1) is 16.4. The van der Waals surface area contributed by atoms with Crippen LogP contribution in [0.3, 0.4) is 0 Å². The molecule has 0 unspecified atom stereocenters. The number of carboxylic acid groups (broad SMARTS) is 1. The van der Waals surface area contributed by atoms with Crippen LogP contribution in [0.1, 0.15) is 32.3 Å². The molecule has 0 radical (unpaired) electrons. The number of hydrogen-bond acceptors (Lipinski definition) is 3. The van der Waals surface area contributed by atoms with Crippen molar-refractivity contribution in [2.45, 2.75) is 44.4 Å². The van der Waals surface area contributed by atoms with Gasteiger partial charge in [0.05, 0.1) is 5.54 Å². The molecule has 2 rings (SSSR count). The van der Waals surface area contributed by atoms with Gasteiger partial charge in [-0.3, -0.25) is 4.79 Å². The minimum absolute atomic E-state index is 0.263. The average Bonchev–Trinajstić information content (AvgIpc) is 2.91. The van der Waals surface area contributed by atoms with Gasteiger partial charge in [-0.15, -0.1) is 0 Å². The molecule has 7 heteroatoms. The second-order valence-corrected chi connectivity index (χ2v) is 5.77. The zero-order chi connectivity index (χ0) is 16.5. The fourth-order valence-corrected chi connectivity index (χ4v) is 2.36. The molecule has 1 amide bonds. The Kier molecular flexibility index (Phi) is 4.46. The number of aliphatic carboxylic acids is 1. The molecule has 2 atom stereocenters. The minimum Gasteiger partial charge on any atom is -0.479 e. The molecule has 1 aliphatic heterocycles. The molecule has 22 heavy (non-hydrogen) atoms. The lowest BCUT2D eigenvalue weighted by Gasteiger charge is -2.28. The van der Waals surface area contributed by atoms with Gasteiger partial charge in [0.25, 0.3) is 0 Å². The first-order chi connectivity index (χ1) is 10.2. The summed E-state index contributed by atoms with van der Waals surface area (Å²) < 4.78 is 31.4. The minimum atomic E-state index is -1.10. The second kappa shape index (κ2) is 6.00. The lowest BCUT2D eigenvalue weighted by Crippen LogP contribution is -2.46. The Hall–Kier alpha value is -2.02. The van der Waals surface area contributed by atoms with Gasteiger partial charge < -0.3 is 15.2 Å². The SMILES string of the molecule is CC(C)(NC(=O)[C@@H]1CC[C@H](C(=O)O)O1)c1ccc(F)c(F)c1. The predicted octanol–water partition coefficient (Wildman–Crippen LogP) is 1.95. The second-order valence-electron chi connectivity index (χ2n) is 5.77. The van der Waals surface area contributed by atoms with Gasteiger partial charge in [0, 0.05) is 0 Å². The zero-order valence-corrected chi connectivity index (χ0v) is 12.2. The number of carbonyl (C=O) groups excluding carboxylic acids is 1.